The molecule has 0 aliphatic carbocycles. The van der Waals surface area contributed by atoms with E-state index in [1.165, 1.54) is 6.42 Å². The molecule has 0 bridgehead atoms. The van der Waals surface area contributed by atoms with E-state index in [9.17, 15) is 0 Å². The molecule has 3 nitrogen and oxygen atoms in total. The lowest BCUT2D eigenvalue weighted by molar-refractivity contribution is 0.0566. The zero-order valence-electron chi connectivity index (χ0n) is 13.1. The molecule has 20 heavy (non-hydrogen) atoms. The number of hydrogen-bond donors (Lipinski definition) is 1. The first-order valence-electron chi connectivity index (χ1n) is 7.61. The van der Waals surface area contributed by atoms with E-state index in [1.807, 2.05) is 24.3 Å². The Balaban J connectivity index is 2.00. The summed E-state index contributed by atoms with van der Waals surface area (Å²) in [4.78, 5) is 0. The van der Waals surface area contributed by atoms with E-state index >= 15 is 0 Å². The third-order valence-corrected chi connectivity index (χ3v) is 3.65. The summed E-state index contributed by atoms with van der Waals surface area (Å²) < 4.78 is 12.0. The first-order chi connectivity index (χ1) is 9.49. The van der Waals surface area contributed by atoms with Crippen LogP contribution in [0.1, 0.15) is 40.5 Å². The predicted molar refractivity (Wildman–Crippen MR) is 82.5 cm³/mol. The molecule has 0 aromatic heterocycles. The number of rotatable bonds is 5. The molecule has 2 atom stereocenters. The zero-order chi connectivity index (χ0) is 14.6. The van der Waals surface area contributed by atoms with Crippen molar-refractivity contribution in [1.29, 1.82) is 0 Å². The van der Waals surface area contributed by atoms with Crippen LogP contribution in [0.2, 0.25) is 0 Å². The predicted octanol–water partition coefficient (Wildman–Crippen LogP) is 3.63. The zero-order valence-corrected chi connectivity index (χ0v) is 13.1. The second-order valence-electron chi connectivity index (χ2n) is 6.68. The summed E-state index contributed by atoms with van der Waals surface area (Å²) in [5.41, 5.74) is 0.348. The van der Waals surface area contributed by atoms with Gasteiger partial charge in [0, 0.05) is 6.04 Å². The highest BCUT2D eigenvalue weighted by atomic mass is 16.6. The van der Waals surface area contributed by atoms with E-state index in [4.69, 9.17) is 9.47 Å². The van der Waals surface area contributed by atoms with Crippen LogP contribution in [-0.4, -0.2) is 25.3 Å². The third kappa shape index (κ3) is 4.14. The standard InChI is InChI=1S/C17H27NO2/c1-5-18-13(10-11-17(2,3)4)16-12-19-14-8-6-7-9-15(14)20-16/h6-9,13,16,18H,5,10-12H2,1-4H3. The van der Waals surface area contributed by atoms with E-state index in [2.05, 4.69) is 33.0 Å². The fourth-order valence-electron chi connectivity index (χ4n) is 2.50. The van der Waals surface area contributed by atoms with Crippen molar-refractivity contribution in [3.05, 3.63) is 24.3 Å². The smallest absolute Gasteiger partial charge is 0.161 e. The molecular weight excluding hydrogens is 250 g/mol. The second-order valence-corrected chi connectivity index (χ2v) is 6.68. The van der Waals surface area contributed by atoms with Crippen LogP contribution in [0.25, 0.3) is 0 Å². The molecule has 0 spiro atoms. The first-order valence-corrected chi connectivity index (χ1v) is 7.61. The molecule has 1 aliphatic heterocycles. The minimum atomic E-state index is 0.0900. The monoisotopic (exact) mass is 277 g/mol. The Morgan fingerprint density at radius 1 is 1.25 bits per heavy atom. The van der Waals surface area contributed by atoms with Crippen molar-refractivity contribution < 1.29 is 9.47 Å². The summed E-state index contributed by atoms with van der Waals surface area (Å²) >= 11 is 0. The Kier molecular flexibility index (Phi) is 4.92. The highest BCUT2D eigenvalue weighted by Crippen LogP contribution is 2.32. The molecule has 0 radical (unpaired) electrons. The molecule has 0 saturated carbocycles. The van der Waals surface area contributed by atoms with Gasteiger partial charge in [-0.15, -0.1) is 0 Å². The minimum Gasteiger partial charge on any atom is -0.486 e. The first kappa shape index (κ1) is 15.2. The van der Waals surface area contributed by atoms with Gasteiger partial charge in [0.2, 0.25) is 0 Å². The normalized spacial score (nSPS) is 19.7. The molecule has 0 amide bonds. The van der Waals surface area contributed by atoms with E-state index in [0.717, 1.165) is 24.5 Å². The lowest BCUT2D eigenvalue weighted by Gasteiger charge is -2.34. The van der Waals surface area contributed by atoms with Crippen molar-refractivity contribution >= 4 is 0 Å². The number of para-hydroxylation sites is 2. The largest absolute Gasteiger partial charge is 0.486 e. The fraction of sp³-hybridized carbons (Fsp3) is 0.647. The number of nitrogens with one attached hydrogen (secondary N) is 1. The van der Waals surface area contributed by atoms with Crippen LogP contribution in [0.15, 0.2) is 24.3 Å². The molecular formula is C17H27NO2. The molecule has 112 valence electrons. The number of fused-ring (bicyclic) bond motifs is 1. The summed E-state index contributed by atoms with van der Waals surface area (Å²) in [6, 6.07) is 8.25. The summed E-state index contributed by atoms with van der Waals surface area (Å²) in [5.74, 6) is 1.72. The van der Waals surface area contributed by atoms with Crippen molar-refractivity contribution in [3.63, 3.8) is 0 Å². The van der Waals surface area contributed by atoms with Crippen molar-refractivity contribution in [2.24, 2.45) is 5.41 Å². The van der Waals surface area contributed by atoms with Crippen LogP contribution in [0.3, 0.4) is 0 Å². The van der Waals surface area contributed by atoms with Gasteiger partial charge in [0.1, 0.15) is 12.7 Å². The number of likely N-dealkylation sites (N-methyl/N-ethyl adjacent to an activating group) is 1. The average molecular weight is 277 g/mol. The molecule has 2 rings (SSSR count). The Morgan fingerprint density at radius 3 is 2.60 bits per heavy atom. The maximum atomic E-state index is 6.12. The van der Waals surface area contributed by atoms with Crippen molar-refractivity contribution in [2.45, 2.75) is 52.7 Å². The fourth-order valence-corrected chi connectivity index (χ4v) is 2.50. The Bertz CT molecular complexity index is 425. The van der Waals surface area contributed by atoms with Gasteiger partial charge in [-0.25, -0.2) is 0 Å². The van der Waals surface area contributed by atoms with Crippen molar-refractivity contribution in [1.82, 2.24) is 5.32 Å². The molecule has 1 aromatic rings. The minimum absolute atomic E-state index is 0.0900. The van der Waals surface area contributed by atoms with Gasteiger partial charge in [-0.2, -0.15) is 0 Å². The van der Waals surface area contributed by atoms with Crippen LogP contribution < -0.4 is 14.8 Å². The maximum absolute atomic E-state index is 6.12. The number of benzene rings is 1. The van der Waals surface area contributed by atoms with Gasteiger partial charge in [-0.3, -0.25) is 0 Å². The van der Waals surface area contributed by atoms with E-state index in [0.29, 0.717) is 18.1 Å². The highest BCUT2D eigenvalue weighted by Gasteiger charge is 2.29. The van der Waals surface area contributed by atoms with Gasteiger partial charge >= 0.3 is 0 Å². The number of ether oxygens (including phenoxy) is 2. The molecule has 0 fully saturated rings. The highest BCUT2D eigenvalue weighted by molar-refractivity contribution is 5.40. The van der Waals surface area contributed by atoms with Crippen LogP contribution in [-0.2, 0) is 0 Å². The van der Waals surface area contributed by atoms with Crippen LogP contribution >= 0.6 is 0 Å². The molecule has 1 aliphatic rings. The molecule has 3 heteroatoms. The second kappa shape index (κ2) is 6.49. The quantitative estimate of drug-likeness (QED) is 0.891. The molecule has 0 saturated heterocycles. The molecule has 2 unspecified atom stereocenters. The van der Waals surface area contributed by atoms with Gasteiger partial charge in [0.05, 0.1) is 0 Å². The van der Waals surface area contributed by atoms with Crippen LogP contribution in [0.5, 0.6) is 11.5 Å². The Hall–Kier alpha value is -1.22. The lowest BCUT2D eigenvalue weighted by atomic mass is 9.87. The number of hydrogen-bond acceptors (Lipinski definition) is 3. The summed E-state index contributed by atoms with van der Waals surface area (Å²) in [6.45, 7) is 10.6. The van der Waals surface area contributed by atoms with Crippen molar-refractivity contribution in [2.75, 3.05) is 13.2 Å². The summed E-state index contributed by atoms with van der Waals surface area (Å²) in [5, 5.41) is 3.55. The van der Waals surface area contributed by atoms with Gasteiger partial charge < -0.3 is 14.8 Å². The van der Waals surface area contributed by atoms with Gasteiger partial charge in [0.15, 0.2) is 11.5 Å². The van der Waals surface area contributed by atoms with Crippen LogP contribution in [0.4, 0.5) is 0 Å². The van der Waals surface area contributed by atoms with Gasteiger partial charge in [-0.05, 0) is 36.9 Å². The topological polar surface area (TPSA) is 30.5 Å². The van der Waals surface area contributed by atoms with E-state index in [-0.39, 0.29) is 6.10 Å². The third-order valence-electron chi connectivity index (χ3n) is 3.65. The van der Waals surface area contributed by atoms with Crippen LogP contribution in [0, 0.1) is 5.41 Å². The summed E-state index contributed by atoms with van der Waals surface area (Å²) in [7, 11) is 0. The summed E-state index contributed by atoms with van der Waals surface area (Å²) in [6.07, 6.45) is 2.37. The van der Waals surface area contributed by atoms with E-state index in [1.54, 1.807) is 0 Å². The lowest BCUT2D eigenvalue weighted by Crippen LogP contribution is -2.48. The Labute approximate surface area is 122 Å². The maximum Gasteiger partial charge on any atom is 0.161 e. The van der Waals surface area contributed by atoms with Gasteiger partial charge in [0.25, 0.3) is 0 Å². The SMILES string of the molecule is CCNC(CCC(C)(C)C)C1COc2ccccc2O1. The van der Waals surface area contributed by atoms with Crippen molar-refractivity contribution in [3.8, 4) is 11.5 Å². The van der Waals surface area contributed by atoms with E-state index < -0.39 is 0 Å². The molecule has 1 heterocycles. The van der Waals surface area contributed by atoms with Gasteiger partial charge in [-0.1, -0.05) is 39.8 Å². The molecule has 1 N–H and O–H groups in total. The average Bonchev–Trinajstić information content (AvgIpc) is 2.42. The molecule has 1 aromatic carbocycles. The Morgan fingerprint density at radius 2 is 1.95 bits per heavy atom.